The lowest BCUT2D eigenvalue weighted by Gasteiger charge is -2.06. The van der Waals surface area contributed by atoms with E-state index >= 15 is 0 Å². The maximum atomic E-state index is 11.0. The molecule has 0 rings (SSSR count). The maximum absolute atomic E-state index is 11.0. The molecule has 1 atom stereocenters. The lowest BCUT2D eigenvalue weighted by atomic mass is 10.3. The van der Waals surface area contributed by atoms with Crippen LogP contribution in [0.2, 0.25) is 0 Å². The van der Waals surface area contributed by atoms with E-state index < -0.39 is 14.7 Å². The van der Waals surface area contributed by atoms with Gasteiger partial charge in [0.2, 0.25) is 14.7 Å². The first kappa shape index (κ1) is 29.1. The van der Waals surface area contributed by atoms with Gasteiger partial charge >= 0.3 is 0 Å². The number of aliphatic hydroxyl groups is 2. The van der Waals surface area contributed by atoms with E-state index in [0.717, 1.165) is 25.7 Å². The summed E-state index contributed by atoms with van der Waals surface area (Å²) in [6, 6.07) is 0. The summed E-state index contributed by atoms with van der Waals surface area (Å²) < 4.78 is 21.9. The van der Waals surface area contributed by atoms with Gasteiger partial charge in [-0.25, -0.2) is 0 Å². The minimum absolute atomic E-state index is 0.0810. The minimum Gasteiger partial charge on any atom is -0.396 e. The van der Waals surface area contributed by atoms with Crippen LogP contribution in [0.15, 0.2) is 0 Å². The topological polar surface area (TPSA) is 115 Å². The Morgan fingerprint density at radius 2 is 1.00 bits per heavy atom. The van der Waals surface area contributed by atoms with Gasteiger partial charge in [0.25, 0.3) is 0 Å². The molecule has 0 fully saturated rings. The van der Waals surface area contributed by atoms with E-state index in [1.165, 1.54) is 0 Å². The van der Waals surface area contributed by atoms with Crippen LogP contribution in [0, 0.1) is 0 Å². The molecular weight excluding hydrogens is 350 g/mol. The molecule has 4 N–H and O–H groups in total. The first-order valence-corrected chi connectivity index (χ1v) is 13.0. The molecule has 1 unspecified atom stereocenters. The Kier molecular flexibility index (Phi) is 21.9. The Hall–Kier alpha value is 0.300. The summed E-state index contributed by atoms with van der Waals surface area (Å²) >= 11 is 0. The molecule has 8 heteroatoms. The average Bonchev–Trinajstić information content (AvgIpc) is 2.39. The highest BCUT2D eigenvalue weighted by atomic mass is 31.2. The van der Waals surface area contributed by atoms with Crippen molar-refractivity contribution >= 4 is 14.7 Å². The molecule has 0 aliphatic rings. The normalized spacial score (nSPS) is 12.5. The van der Waals surface area contributed by atoms with E-state index in [-0.39, 0.29) is 12.7 Å². The summed E-state index contributed by atoms with van der Waals surface area (Å²) in [5.74, 6) is 0. The van der Waals surface area contributed by atoms with Crippen molar-refractivity contribution in [2.24, 2.45) is 0 Å². The van der Waals surface area contributed by atoms with E-state index in [1.54, 1.807) is 6.92 Å². The van der Waals surface area contributed by atoms with Crippen molar-refractivity contribution in [3.05, 3.63) is 0 Å². The average molecular weight is 390 g/mol. The zero-order valence-corrected chi connectivity index (χ0v) is 17.9. The molecule has 0 spiro atoms. The van der Waals surface area contributed by atoms with Gasteiger partial charge in [-0.05, 0) is 39.0 Å². The second-order valence-corrected chi connectivity index (χ2v) is 11.1. The van der Waals surface area contributed by atoms with Crippen molar-refractivity contribution in [3.8, 4) is 0 Å². The van der Waals surface area contributed by atoms with Crippen LogP contribution >= 0.6 is 14.7 Å². The number of rotatable bonds is 10. The van der Waals surface area contributed by atoms with E-state index in [2.05, 4.69) is 0 Å². The van der Waals surface area contributed by atoms with Crippen molar-refractivity contribution in [2.45, 2.75) is 72.8 Å². The second-order valence-electron chi connectivity index (χ2n) is 5.95. The van der Waals surface area contributed by atoms with Crippen molar-refractivity contribution in [2.75, 3.05) is 31.3 Å². The quantitative estimate of drug-likeness (QED) is 0.421. The van der Waals surface area contributed by atoms with E-state index in [4.69, 9.17) is 20.0 Å². The van der Waals surface area contributed by atoms with Crippen LogP contribution in [0.25, 0.3) is 0 Å². The SMILES string of the molecule is CC(O)CCO.CCCP(=O)(O)CCC.CCCP(=O)(O)CCC. The first-order chi connectivity index (χ1) is 11.0. The zero-order valence-electron chi connectivity index (χ0n) is 16.1. The fraction of sp³-hybridized carbons (Fsp3) is 1.00. The molecule has 150 valence electrons. The van der Waals surface area contributed by atoms with Crippen molar-refractivity contribution in [1.29, 1.82) is 0 Å². The predicted molar refractivity (Wildman–Crippen MR) is 104 cm³/mol. The van der Waals surface area contributed by atoms with Crippen LogP contribution in [-0.4, -0.2) is 57.4 Å². The standard InChI is InChI=1S/2C6H15O2P.C4H10O2/c2*1-3-5-9(7,8)6-4-2;1-4(6)2-3-5/h2*3-6H2,1-2H3,(H,7,8);4-6H,2-3H2,1H3. The van der Waals surface area contributed by atoms with E-state index in [1.807, 2.05) is 27.7 Å². The molecule has 24 heavy (non-hydrogen) atoms. The third-order valence-electron chi connectivity index (χ3n) is 2.84. The van der Waals surface area contributed by atoms with Crippen LogP contribution in [0.1, 0.15) is 66.7 Å². The predicted octanol–water partition coefficient (Wildman–Crippen LogP) is 3.90. The summed E-state index contributed by atoms with van der Waals surface area (Å²) in [6.07, 6.45) is 5.34. The summed E-state index contributed by atoms with van der Waals surface area (Å²) in [4.78, 5) is 18.1. The lowest BCUT2D eigenvalue weighted by Crippen LogP contribution is -2.00. The summed E-state index contributed by atoms with van der Waals surface area (Å²) in [5.41, 5.74) is 0. The molecule has 0 radical (unpaired) electrons. The summed E-state index contributed by atoms with van der Waals surface area (Å²) in [7, 11) is -5.39. The highest BCUT2D eigenvalue weighted by molar-refractivity contribution is 7.58. The molecule has 0 aromatic carbocycles. The Balaban J connectivity index is -0.000000282. The molecule has 0 aliphatic carbocycles. The number of hydrogen-bond donors (Lipinski definition) is 4. The minimum atomic E-state index is -2.69. The van der Waals surface area contributed by atoms with Crippen LogP contribution in [0.5, 0.6) is 0 Å². The summed E-state index contributed by atoms with van der Waals surface area (Å²) in [6.45, 7) is 9.45. The Bertz CT molecular complexity index is 299. The van der Waals surface area contributed by atoms with Crippen molar-refractivity contribution < 1.29 is 29.1 Å². The maximum Gasteiger partial charge on any atom is 0.200 e. The molecular formula is C16H40O6P2. The highest BCUT2D eigenvalue weighted by Crippen LogP contribution is 2.41. The van der Waals surface area contributed by atoms with Crippen molar-refractivity contribution in [3.63, 3.8) is 0 Å². The molecule has 0 aromatic rings. The lowest BCUT2D eigenvalue weighted by molar-refractivity contribution is 0.148. The van der Waals surface area contributed by atoms with E-state index in [0.29, 0.717) is 31.1 Å². The Labute approximate surface area is 148 Å². The number of aliphatic hydroxyl groups excluding tert-OH is 2. The fourth-order valence-electron chi connectivity index (χ4n) is 1.81. The van der Waals surface area contributed by atoms with Gasteiger partial charge in [-0.15, -0.1) is 0 Å². The van der Waals surface area contributed by atoms with Crippen molar-refractivity contribution in [1.82, 2.24) is 0 Å². The third kappa shape index (κ3) is 27.2. The molecule has 0 heterocycles. The zero-order chi connectivity index (χ0) is 19.6. The monoisotopic (exact) mass is 390 g/mol. The Morgan fingerprint density at radius 3 is 1.08 bits per heavy atom. The number of hydrogen-bond acceptors (Lipinski definition) is 4. The van der Waals surface area contributed by atoms with E-state index in [9.17, 15) is 9.13 Å². The van der Waals surface area contributed by atoms with Gasteiger partial charge in [0.15, 0.2) is 0 Å². The highest BCUT2D eigenvalue weighted by Gasteiger charge is 2.14. The van der Waals surface area contributed by atoms with Gasteiger partial charge in [-0.1, -0.05) is 27.7 Å². The van der Waals surface area contributed by atoms with Gasteiger partial charge in [-0.2, -0.15) is 0 Å². The van der Waals surface area contributed by atoms with Gasteiger partial charge in [-0.3, -0.25) is 9.13 Å². The Morgan fingerprint density at radius 1 is 0.750 bits per heavy atom. The van der Waals surface area contributed by atoms with Crippen LogP contribution in [0.3, 0.4) is 0 Å². The molecule has 0 saturated carbocycles. The second kappa shape index (κ2) is 18.1. The fourth-order valence-corrected chi connectivity index (χ4v) is 5.05. The molecule has 6 nitrogen and oxygen atoms in total. The molecule has 0 amide bonds. The molecule has 0 aromatic heterocycles. The van der Waals surface area contributed by atoms with Gasteiger partial charge < -0.3 is 20.0 Å². The third-order valence-corrected chi connectivity index (χ3v) is 7.42. The largest absolute Gasteiger partial charge is 0.396 e. The molecule has 0 saturated heterocycles. The van der Waals surface area contributed by atoms with Crippen LogP contribution in [0.4, 0.5) is 0 Å². The first-order valence-electron chi connectivity index (χ1n) is 8.92. The van der Waals surface area contributed by atoms with Crippen LogP contribution in [-0.2, 0) is 9.13 Å². The summed E-state index contributed by atoms with van der Waals surface area (Å²) in [5, 5.41) is 16.5. The van der Waals surface area contributed by atoms with Gasteiger partial charge in [0.1, 0.15) is 0 Å². The van der Waals surface area contributed by atoms with Crippen LogP contribution < -0.4 is 0 Å². The van der Waals surface area contributed by atoms with Gasteiger partial charge in [0, 0.05) is 31.3 Å². The van der Waals surface area contributed by atoms with Gasteiger partial charge in [0.05, 0.1) is 6.10 Å². The molecule has 0 aliphatic heterocycles. The molecule has 0 bridgehead atoms. The smallest absolute Gasteiger partial charge is 0.200 e.